The third kappa shape index (κ3) is 1.95. The summed E-state index contributed by atoms with van der Waals surface area (Å²) in [6.45, 7) is 5.80. The quantitative estimate of drug-likeness (QED) is 0.803. The second-order valence-electron chi connectivity index (χ2n) is 5.39. The lowest BCUT2D eigenvalue weighted by Crippen LogP contribution is -2.07. The fourth-order valence-electron chi connectivity index (χ4n) is 2.47. The number of aryl methyl sites for hydroxylation is 1. The topological polar surface area (TPSA) is 26.0 Å². The zero-order chi connectivity index (χ0) is 13.0. The molecule has 0 aromatic heterocycles. The molecule has 0 aliphatic heterocycles. The minimum absolute atomic E-state index is 0.00942. The molecule has 1 fully saturated rings. The molecule has 0 saturated heterocycles. The normalized spacial score (nSPS) is 27.0. The van der Waals surface area contributed by atoms with Crippen LogP contribution in [0.1, 0.15) is 36.5 Å². The molecule has 1 saturated carbocycles. The summed E-state index contributed by atoms with van der Waals surface area (Å²) in [5.41, 5.74) is 6.96. The van der Waals surface area contributed by atoms with Crippen molar-refractivity contribution in [3.8, 4) is 0 Å². The molecule has 0 spiro atoms. The van der Waals surface area contributed by atoms with Gasteiger partial charge in [-0.05, 0) is 35.6 Å². The number of hydrogen-bond acceptors (Lipinski definition) is 1. The van der Waals surface area contributed by atoms with E-state index >= 15 is 0 Å². The van der Waals surface area contributed by atoms with E-state index in [1.165, 1.54) is 6.07 Å². The predicted molar refractivity (Wildman–Crippen MR) is 60.7 cm³/mol. The SMILES string of the molecule is Cc1cc(C(F)(F)F)ccc1C1C(N)C1(C)C. The standard InChI is InChI=1S/C13H16F3N/c1-7-6-8(13(14,15)16)4-5-9(7)10-11(17)12(10,2)3/h4-6,10-11H,17H2,1-3H3. The van der Waals surface area contributed by atoms with Gasteiger partial charge in [-0.2, -0.15) is 13.2 Å². The first-order valence-corrected chi connectivity index (χ1v) is 5.59. The van der Waals surface area contributed by atoms with Gasteiger partial charge in [0, 0.05) is 12.0 Å². The zero-order valence-electron chi connectivity index (χ0n) is 10.1. The minimum Gasteiger partial charge on any atom is -0.327 e. The fraction of sp³-hybridized carbons (Fsp3) is 0.538. The molecular formula is C13H16F3N. The van der Waals surface area contributed by atoms with E-state index in [0.717, 1.165) is 11.6 Å². The Morgan fingerprint density at radius 1 is 1.24 bits per heavy atom. The van der Waals surface area contributed by atoms with Gasteiger partial charge in [0.2, 0.25) is 0 Å². The van der Waals surface area contributed by atoms with E-state index in [2.05, 4.69) is 0 Å². The molecule has 1 aliphatic carbocycles. The molecule has 0 amide bonds. The van der Waals surface area contributed by atoms with Crippen LogP contribution in [-0.4, -0.2) is 6.04 Å². The Morgan fingerprint density at radius 2 is 1.76 bits per heavy atom. The van der Waals surface area contributed by atoms with Crippen molar-refractivity contribution < 1.29 is 13.2 Å². The van der Waals surface area contributed by atoms with Crippen LogP contribution >= 0.6 is 0 Å². The van der Waals surface area contributed by atoms with Gasteiger partial charge in [-0.15, -0.1) is 0 Å². The molecule has 94 valence electrons. The maximum absolute atomic E-state index is 12.5. The van der Waals surface area contributed by atoms with Gasteiger partial charge < -0.3 is 5.73 Å². The molecule has 0 heterocycles. The van der Waals surface area contributed by atoms with Gasteiger partial charge in [0.15, 0.2) is 0 Å². The predicted octanol–water partition coefficient (Wildman–Crippen LogP) is 3.46. The van der Waals surface area contributed by atoms with Crippen molar-refractivity contribution in [2.24, 2.45) is 11.1 Å². The Morgan fingerprint density at radius 3 is 2.12 bits per heavy atom. The van der Waals surface area contributed by atoms with Crippen molar-refractivity contribution in [3.63, 3.8) is 0 Å². The molecule has 1 aromatic rings. The molecule has 2 rings (SSSR count). The molecule has 1 aliphatic rings. The van der Waals surface area contributed by atoms with Crippen LogP contribution in [-0.2, 0) is 6.18 Å². The minimum atomic E-state index is -4.27. The second-order valence-corrected chi connectivity index (χ2v) is 5.39. The molecule has 4 heteroatoms. The summed E-state index contributed by atoms with van der Waals surface area (Å²) >= 11 is 0. The lowest BCUT2D eigenvalue weighted by molar-refractivity contribution is -0.137. The molecule has 2 atom stereocenters. The van der Waals surface area contributed by atoms with E-state index in [4.69, 9.17) is 5.73 Å². The average Bonchev–Trinajstić information content (AvgIpc) is 2.65. The van der Waals surface area contributed by atoms with Crippen molar-refractivity contribution >= 4 is 0 Å². The van der Waals surface area contributed by atoms with E-state index in [0.29, 0.717) is 5.56 Å². The Labute approximate surface area is 98.8 Å². The fourth-order valence-corrected chi connectivity index (χ4v) is 2.47. The Hall–Kier alpha value is -1.03. The first-order valence-electron chi connectivity index (χ1n) is 5.59. The van der Waals surface area contributed by atoms with Crippen LogP contribution in [0.3, 0.4) is 0 Å². The maximum atomic E-state index is 12.5. The molecule has 1 nitrogen and oxygen atoms in total. The van der Waals surface area contributed by atoms with Crippen LogP contribution in [0.15, 0.2) is 18.2 Å². The molecular weight excluding hydrogens is 227 g/mol. The highest BCUT2D eigenvalue weighted by Crippen LogP contribution is 2.58. The first kappa shape index (κ1) is 12.4. The maximum Gasteiger partial charge on any atom is 0.416 e. The van der Waals surface area contributed by atoms with Crippen molar-refractivity contribution in [3.05, 3.63) is 34.9 Å². The van der Waals surface area contributed by atoms with Gasteiger partial charge in [-0.3, -0.25) is 0 Å². The van der Waals surface area contributed by atoms with Crippen LogP contribution in [0, 0.1) is 12.3 Å². The second kappa shape index (κ2) is 3.48. The largest absolute Gasteiger partial charge is 0.416 e. The van der Waals surface area contributed by atoms with E-state index in [-0.39, 0.29) is 17.4 Å². The summed E-state index contributed by atoms with van der Waals surface area (Å²) in [6, 6.07) is 3.95. The zero-order valence-corrected chi connectivity index (χ0v) is 10.1. The van der Waals surface area contributed by atoms with E-state index in [1.807, 2.05) is 13.8 Å². The van der Waals surface area contributed by atoms with E-state index in [9.17, 15) is 13.2 Å². The van der Waals surface area contributed by atoms with Gasteiger partial charge >= 0.3 is 6.18 Å². The van der Waals surface area contributed by atoms with Crippen LogP contribution in [0.5, 0.6) is 0 Å². The van der Waals surface area contributed by atoms with Crippen LogP contribution < -0.4 is 5.73 Å². The summed E-state index contributed by atoms with van der Waals surface area (Å²) < 4.78 is 37.6. The van der Waals surface area contributed by atoms with Crippen molar-refractivity contribution in [2.75, 3.05) is 0 Å². The summed E-state index contributed by atoms with van der Waals surface area (Å²) in [5.74, 6) is 0.171. The van der Waals surface area contributed by atoms with E-state index in [1.54, 1.807) is 13.0 Å². The number of halogens is 3. The monoisotopic (exact) mass is 243 g/mol. The summed E-state index contributed by atoms with van der Waals surface area (Å²) in [4.78, 5) is 0. The van der Waals surface area contributed by atoms with Crippen molar-refractivity contribution in [1.82, 2.24) is 0 Å². The molecule has 0 bridgehead atoms. The molecule has 0 radical (unpaired) electrons. The third-order valence-electron chi connectivity index (χ3n) is 3.84. The highest BCUT2D eigenvalue weighted by Gasteiger charge is 2.56. The number of hydrogen-bond donors (Lipinski definition) is 1. The lowest BCUT2D eigenvalue weighted by atomic mass is 9.97. The molecule has 1 aromatic carbocycles. The lowest BCUT2D eigenvalue weighted by Gasteiger charge is -2.11. The summed E-state index contributed by atoms with van der Waals surface area (Å²) in [5, 5.41) is 0. The van der Waals surface area contributed by atoms with E-state index < -0.39 is 11.7 Å². The highest BCUT2D eigenvalue weighted by molar-refractivity contribution is 5.42. The van der Waals surface area contributed by atoms with Crippen molar-refractivity contribution in [1.29, 1.82) is 0 Å². The highest BCUT2D eigenvalue weighted by atomic mass is 19.4. The molecule has 2 N–H and O–H groups in total. The van der Waals surface area contributed by atoms with Crippen LogP contribution in [0.2, 0.25) is 0 Å². The summed E-state index contributed by atoms with van der Waals surface area (Å²) in [7, 11) is 0. The third-order valence-corrected chi connectivity index (χ3v) is 3.84. The van der Waals surface area contributed by atoms with Gasteiger partial charge in [0.05, 0.1) is 5.56 Å². The number of nitrogens with two attached hydrogens (primary N) is 1. The van der Waals surface area contributed by atoms with Gasteiger partial charge in [0.25, 0.3) is 0 Å². The number of rotatable bonds is 1. The average molecular weight is 243 g/mol. The smallest absolute Gasteiger partial charge is 0.327 e. The Balaban J connectivity index is 2.35. The Bertz CT molecular complexity index is 448. The Kier molecular flexibility index (Phi) is 2.54. The first-order chi connectivity index (χ1) is 7.65. The molecule has 2 unspecified atom stereocenters. The van der Waals surface area contributed by atoms with Crippen LogP contribution in [0.4, 0.5) is 13.2 Å². The van der Waals surface area contributed by atoms with Gasteiger partial charge in [-0.1, -0.05) is 19.9 Å². The number of benzene rings is 1. The number of alkyl halides is 3. The molecule has 17 heavy (non-hydrogen) atoms. The van der Waals surface area contributed by atoms with Crippen LogP contribution in [0.25, 0.3) is 0 Å². The van der Waals surface area contributed by atoms with Gasteiger partial charge in [-0.25, -0.2) is 0 Å². The van der Waals surface area contributed by atoms with Crippen molar-refractivity contribution in [2.45, 2.75) is 38.9 Å². The van der Waals surface area contributed by atoms with Gasteiger partial charge in [0.1, 0.15) is 0 Å². The summed E-state index contributed by atoms with van der Waals surface area (Å²) in [6.07, 6.45) is -4.27.